The van der Waals surface area contributed by atoms with E-state index in [1.807, 2.05) is 0 Å². The van der Waals surface area contributed by atoms with Crippen molar-refractivity contribution in [1.29, 1.82) is 0 Å². The van der Waals surface area contributed by atoms with E-state index >= 15 is 0 Å². The molecule has 2 heterocycles. The second-order valence-corrected chi connectivity index (χ2v) is 13.5. The molecule has 0 aromatic heterocycles. The molecular formula is C37H56IN3O12. The number of carbonyl (C=O) groups is 5. The van der Waals surface area contributed by atoms with Crippen LogP contribution in [-0.2, 0) is 47.5 Å². The Morgan fingerprint density at radius 3 is 1.66 bits per heavy atom. The van der Waals surface area contributed by atoms with Crippen LogP contribution in [0.4, 0.5) is 5.69 Å². The number of nitrogens with zero attached hydrogens (tertiary/aromatic N) is 1. The Labute approximate surface area is 325 Å². The van der Waals surface area contributed by atoms with Crippen LogP contribution in [0.2, 0.25) is 0 Å². The lowest BCUT2D eigenvalue weighted by Crippen LogP contribution is -2.54. The highest BCUT2D eigenvalue weighted by Gasteiger charge is 2.45. The lowest BCUT2D eigenvalue weighted by atomic mass is 10.0. The average Bonchev–Trinajstić information content (AvgIpc) is 3.40. The molecule has 2 aliphatic rings. The van der Waals surface area contributed by atoms with Crippen molar-refractivity contribution in [2.45, 2.75) is 70.3 Å². The highest BCUT2D eigenvalue weighted by Crippen LogP contribution is 2.32. The van der Waals surface area contributed by atoms with Gasteiger partial charge in [0.1, 0.15) is 6.04 Å². The molecule has 53 heavy (non-hydrogen) atoms. The summed E-state index contributed by atoms with van der Waals surface area (Å²) in [7, 11) is 0. The van der Waals surface area contributed by atoms with Crippen molar-refractivity contribution in [2.75, 3.05) is 102 Å². The number of nitrogens with one attached hydrogen (secondary N) is 2. The first-order valence-electron chi connectivity index (χ1n) is 18.7. The first-order valence-corrected chi connectivity index (χ1v) is 20.2. The molecule has 2 N–H and O–H groups in total. The molecule has 5 amide bonds. The quantitative estimate of drug-likeness (QED) is 0.0466. The number of hydrogen-bond acceptors (Lipinski definition) is 12. The third-order valence-electron chi connectivity index (χ3n) is 8.34. The van der Waals surface area contributed by atoms with E-state index in [0.29, 0.717) is 92.3 Å². The van der Waals surface area contributed by atoms with Gasteiger partial charge in [0.15, 0.2) is 0 Å². The van der Waals surface area contributed by atoms with Gasteiger partial charge in [-0.05, 0) is 48.7 Å². The summed E-state index contributed by atoms with van der Waals surface area (Å²) in [6.45, 7) is 7.45. The smallest absolute Gasteiger partial charge is 0.264 e. The van der Waals surface area contributed by atoms with E-state index in [-0.39, 0.29) is 42.0 Å². The van der Waals surface area contributed by atoms with Crippen LogP contribution < -0.4 is 10.6 Å². The number of amides is 5. The molecule has 1 aromatic carbocycles. The Morgan fingerprint density at radius 2 is 1.15 bits per heavy atom. The van der Waals surface area contributed by atoms with E-state index in [1.54, 1.807) is 12.1 Å². The predicted octanol–water partition coefficient (Wildman–Crippen LogP) is 3.70. The summed E-state index contributed by atoms with van der Waals surface area (Å²) in [6.07, 6.45) is 7.41. The lowest BCUT2D eigenvalue weighted by Gasteiger charge is -2.27. The first kappa shape index (κ1) is 44.8. The van der Waals surface area contributed by atoms with E-state index < -0.39 is 29.7 Å². The molecule has 0 aliphatic carbocycles. The first-order chi connectivity index (χ1) is 25.9. The van der Waals surface area contributed by atoms with Crippen molar-refractivity contribution < 1.29 is 57.1 Å². The van der Waals surface area contributed by atoms with E-state index in [1.165, 1.54) is 29.8 Å². The Hall–Kier alpha value is -2.58. The fourth-order valence-electron chi connectivity index (χ4n) is 5.57. The molecule has 0 bridgehead atoms. The van der Waals surface area contributed by atoms with Crippen LogP contribution in [0.3, 0.4) is 0 Å². The SMILES string of the molecule is O=C1CCC(N2C(=O)c3cccc(NC(=O)CCCCCOCCOCCOCCOCCOCCOCCOCCCCCCI)c3C2=O)C(=O)N1. The van der Waals surface area contributed by atoms with Crippen LogP contribution in [0.15, 0.2) is 18.2 Å². The summed E-state index contributed by atoms with van der Waals surface area (Å²) in [6, 6.07) is 3.55. The number of hydrogen-bond donors (Lipinski definition) is 2. The number of piperidine rings is 1. The second kappa shape index (κ2) is 27.9. The minimum Gasteiger partial charge on any atom is -0.379 e. The molecule has 0 radical (unpaired) electrons. The third-order valence-corrected chi connectivity index (χ3v) is 9.10. The fraction of sp³-hybridized carbons (Fsp3) is 0.703. The fourth-order valence-corrected chi connectivity index (χ4v) is 6.11. The van der Waals surface area contributed by atoms with Gasteiger partial charge in [0.2, 0.25) is 17.7 Å². The van der Waals surface area contributed by atoms with Gasteiger partial charge >= 0.3 is 0 Å². The maximum Gasteiger partial charge on any atom is 0.264 e. The van der Waals surface area contributed by atoms with Gasteiger partial charge in [0.25, 0.3) is 11.8 Å². The number of carbonyl (C=O) groups excluding carboxylic acids is 5. The molecule has 0 spiro atoms. The molecule has 1 saturated heterocycles. The molecule has 298 valence electrons. The maximum absolute atomic E-state index is 13.2. The number of imide groups is 2. The molecular weight excluding hydrogens is 805 g/mol. The van der Waals surface area contributed by atoms with Crippen LogP contribution in [0.5, 0.6) is 0 Å². The molecule has 1 aromatic rings. The standard InChI is InChI=1S/C37H56IN3O12/c38-14-5-1-2-6-15-47-17-19-49-21-23-51-25-27-53-28-26-52-24-22-50-20-18-48-16-7-3-4-11-32(42)39-30-10-8-9-29-34(30)37(46)41(36(29)45)31-12-13-33(43)40-35(31)44/h8-10,31H,1-7,11-28H2,(H,39,42)(H,40,43,44). The summed E-state index contributed by atoms with van der Waals surface area (Å²) >= 11 is 2.41. The number of ether oxygens (including phenoxy) is 7. The lowest BCUT2D eigenvalue weighted by molar-refractivity contribution is -0.136. The molecule has 15 nitrogen and oxygen atoms in total. The Balaban J connectivity index is 1.06. The van der Waals surface area contributed by atoms with Gasteiger partial charge in [-0.3, -0.25) is 34.2 Å². The number of halogens is 1. The zero-order valence-electron chi connectivity index (χ0n) is 30.7. The molecule has 0 saturated carbocycles. The number of anilines is 1. The number of unbranched alkanes of at least 4 members (excludes halogenated alkanes) is 5. The van der Waals surface area contributed by atoms with Gasteiger partial charge in [0.05, 0.1) is 96.1 Å². The van der Waals surface area contributed by atoms with Gasteiger partial charge in [0, 0.05) is 26.1 Å². The summed E-state index contributed by atoms with van der Waals surface area (Å²) in [4.78, 5) is 63.5. The molecule has 1 unspecified atom stereocenters. The zero-order valence-corrected chi connectivity index (χ0v) is 32.9. The normalized spacial score (nSPS) is 15.6. The van der Waals surface area contributed by atoms with Crippen LogP contribution in [0.25, 0.3) is 0 Å². The number of alkyl halides is 1. The van der Waals surface area contributed by atoms with E-state index in [2.05, 4.69) is 33.2 Å². The molecule has 3 rings (SSSR count). The molecule has 2 aliphatic heterocycles. The van der Waals surface area contributed by atoms with Crippen LogP contribution in [-0.4, -0.2) is 137 Å². The highest BCUT2D eigenvalue weighted by molar-refractivity contribution is 14.1. The van der Waals surface area contributed by atoms with Gasteiger partial charge in [-0.2, -0.15) is 0 Å². The van der Waals surface area contributed by atoms with E-state index in [9.17, 15) is 24.0 Å². The van der Waals surface area contributed by atoms with Gasteiger partial charge in [-0.25, -0.2) is 0 Å². The van der Waals surface area contributed by atoms with E-state index in [4.69, 9.17) is 33.2 Å². The van der Waals surface area contributed by atoms with E-state index in [0.717, 1.165) is 30.8 Å². The monoisotopic (exact) mass is 861 g/mol. The van der Waals surface area contributed by atoms with Crippen molar-refractivity contribution in [3.8, 4) is 0 Å². The van der Waals surface area contributed by atoms with Crippen LogP contribution in [0.1, 0.15) is 84.9 Å². The number of benzene rings is 1. The predicted molar refractivity (Wildman–Crippen MR) is 203 cm³/mol. The highest BCUT2D eigenvalue weighted by atomic mass is 127. The van der Waals surface area contributed by atoms with Crippen molar-refractivity contribution in [2.24, 2.45) is 0 Å². The van der Waals surface area contributed by atoms with Crippen molar-refractivity contribution in [1.82, 2.24) is 10.2 Å². The van der Waals surface area contributed by atoms with Gasteiger partial charge in [-0.1, -0.05) is 47.9 Å². The van der Waals surface area contributed by atoms with Gasteiger partial charge < -0.3 is 38.5 Å². The minimum atomic E-state index is -1.07. The summed E-state index contributed by atoms with van der Waals surface area (Å²) in [5.74, 6) is -2.69. The third kappa shape index (κ3) is 17.6. The Bertz CT molecular complexity index is 1270. The van der Waals surface area contributed by atoms with Crippen molar-refractivity contribution >= 4 is 57.8 Å². The number of rotatable bonds is 32. The van der Waals surface area contributed by atoms with Crippen molar-refractivity contribution in [3.63, 3.8) is 0 Å². The minimum absolute atomic E-state index is 0.0326. The summed E-state index contributed by atoms with van der Waals surface area (Å²) < 4.78 is 39.9. The largest absolute Gasteiger partial charge is 0.379 e. The summed E-state index contributed by atoms with van der Waals surface area (Å²) in [5, 5.41) is 4.91. The molecule has 1 atom stereocenters. The van der Waals surface area contributed by atoms with Crippen LogP contribution >= 0.6 is 22.6 Å². The average molecular weight is 862 g/mol. The Kier molecular flexibility index (Phi) is 23.6. The zero-order chi connectivity index (χ0) is 37.9. The Morgan fingerprint density at radius 1 is 0.660 bits per heavy atom. The molecule has 16 heteroatoms. The van der Waals surface area contributed by atoms with Crippen molar-refractivity contribution in [3.05, 3.63) is 29.3 Å². The van der Waals surface area contributed by atoms with Gasteiger partial charge in [-0.15, -0.1) is 0 Å². The van der Waals surface area contributed by atoms with Crippen LogP contribution in [0, 0.1) is 0 Å². The topological polar surface area (TPSA) is 177 Å². The number of fused-ring (bicyclic) bond motifs is 1. The molecule has 1 fully saturated rings. The second-order valence-electron chi connectivity index (χ2n) is 12.4. The maximum atomic E-state index is 13.2. The summed E-state index contributed by atoms with van der Waals surface area (Å²) in [5.41, 5.74) is 0.398.